The Labute approximate surface area is 221 Å². The molecule has 3 aromatic rings. The molecule has 3 aromatic carbocycles. The van der Waals surface area contributed by atoms with Crippen molar-refractivity contribution in [1.29, 1.82) is 0 Å². The summed E-state index contributed by atoms with van der Waals surface area (Å²) in [6.45, 7) is 4.26. The van der Waals surface area contributed by atoms with Crippen LogP contribution in [-0.4, -0.2) is 43.8 Å². The maximum atomic E-state index is 14.5. The average Bonchev–Trinajstić information content (AvgIpc) is 2.86. The molecule has 0 aliphatic rings. The highest BCUT2D eigenvalue weighted by atomic mass is 35.5. The van der Waals surface area contributed by atoms with Crippen LogP contribution in [0.25, 0.3) is 0 Å². The van der Waals surface area contributed by atoms with Crippen LogP contribution in [0.2, 0.25) is 5.02 Å². The number of halogens is 2. The predicted octanol–water partition coefficient (Wildman–Crippen LogP) is 4.62. The van der Waals surface area contributed by atoms with Crippen molar-refractivity contribution in [3.8, 4) is 0 Å². The topological polar surface area (TPSA) is 86.8 Å². The van der Waals surface area contributed by atoms with Crippen molar-refractivity contribution in [2.75, 3.05) is 10.8 Å². The summed E-state index contributed by atoms with van der Waals surface area (Å²) >= 11 is 5.94. The number of nitrogens with one attached hydrogen (secondary N) is 1. The third kappa shape index (κ3) is 7.08. The number of benzene rings is 3. The Bertz CT molecular complexity index is 1340. The van der Waals surface area contributed by atoms with Gasteiger partial charge in [-0.05, 0) is 63.2 Å². The molecule has 0 aliphatic heterocycles. The highest BCUT2D eigenvalue weighted by Crippen LogP contribution is 2.25. The van der Waals surface area contributed by atoms with Crippen molar-refractivity contribution in [3.63, 3.8) is 0 Å². The molecule has 0 spiro atoms. The maximum absolute atomic E-state index is 14.5. The van der Waals surface area contributed by atoms with Crippen LogP contribution < -0.4 is 9.62 Å². The zero-order chi connectivity index (χ0) is 27.2. The van der Waals surface area contributed by atoms with E-state index in [0.717, 1.165) is 4.31 Å². The molecule has 7 nitrogen and oxygen atoms in total. The van der Waals surface area contributed by atoms with Gasteiger partial charge in [0.05, 0.1) is 10.6 Å². The van der Waals surface area contributed by atoms with Gasteiger partial charge in [-0.1, -0.05) is 48.0 Å². The Morgan fingerprint density at radius 1 is 0.919 bits per heavy atom. The van der Waals surface area contributed by atoms with E-state index < -0.39 is 40.2 Å². The Kier molecular flexibility index (Phi) is 9.29. The molecule has 0 aromatic heterocycles. The minimum atomic E-state index is -4.19. The van der Waals surface area contributed by atoms with Gasteiger partial charge >= 0.3 is 0 Å². The Hall–Kier alpha value is -3.43. The molecule has 0 heterocycles. The van der Waals surface area contributed by atoms with E-state index in [1.165, 1.54) is 54.3 Å². The van der Waals surface area contributed by atoms with Gasteiger partial charge in [0, 0.05) is 23.2 Å². The highest BCUT2D eigenvalue weighted by molar-refractivity contribution is 7.92. The average molecular weight is 546 g/mol. The second-order valence-corrected chi connectivity index (χ2v) is 11.1. The van der Waals surface area contributed by atoms with E-state index in [0.29, 0.717) is 5.02 Å². The lowest BCUT2D eigenvalue weighted by Gasteiger charge is -2.32. The van der Waals surface area contributed by atoms with Crippen LogP contribution >= 0.6 is 11.6 Å². The van der Waals surface area contributed by atoms with Crippen molar-refractivity contribution >= 4 is 39.1 Å². The van der Waals surface area contributed by atoms with Gasteiger partial charge in [0.2, 0.25) is 11.8 Å². The van der Waals surface area contributed by atoms with E-state index in [9.17, 15) is 22.4 Å². The number of anilines is 1. The minimum Gasteiger partial charge on any atom is -0.352 e. The highest BCUT2D eigenvalue weighted by Gasteiger charge is 2.33. The molecular weight excluding hydrogens is 517 g/mol. The fraction of sp³-hybridized carbons (Fsp3) is 0.259. The summed E-state index contributed by atoms with van der Waals surface area (Å²) in [6.07, 6.45) is 0. The number of hydrogen-bond donors (Lipinski definition) is 1. The Morgan fingerprint density at radius 3 is 2.11 bits per heavy atom. The number of para-hydroxylation sites is 1. The van der Waals surface area contributed by atoms with Crippen molar-refractivity contribution in [1.82, 2.24) is 10.2 Å². The van der Waals surface area contributed by atoms with Gasteiger partial charge in [-0.15, -0.1) is 0 Å². The monoisotopic (exact) mass is 545 g/mol. The van der Waals surface area contributed by atoms with Crippen molar-refractivity contribution in [2.45, 2.75) is 44.3 Å². The molecule has 0 radical (unpaired) electrons. The van der Waals surface area contributed by atoms with E-state index in [4.69, 9.17) is 11.6 Å². The molecule has 1 unspecified atom stereocenters. The Morgan fingerprint density at radius 2 is 1.51 bits per heavy atom. The molecule has 0 bridgehead atoms. The summed E-state index contributed by atoms with van der Waals surface area (Å²) < 4.78 is 42.7. The predicted molar refractivity (Wildman–Crippen MR) is 142 cm³/mol. The zero-order valence-corrected chi connectivity index (χ0v) is 22.3. The first-order valence-electron chi connectivity index (χ1n) is 11.7. The molecule has 0 fully saturated rings. The van der Waals surface area contributed by atoms with Crippen LogP contribution in [-0.2, 0) is 26.2 Å². The van der Waals surface area contributed by atoms with Crippen molar-refractivity contribution < 1.29 is 22.4 Å². The third-order valence-electron chi connectivity index (χ3n) is 5.62. The normalized spacial score (nSPS) is 12.2. The second-order valence-electron chi connectivity index (χ2n) is 8.75. The van der Waals surface area contributed by atoms with Crippen molar-refractivity contribution in [3.05, 3.63) is 95.3 Å². The fourth-order valence-corrected chi connectivity index (χ4v) is 5.19. The second kappa shape index (κ2) is 12.2. The fourth-order valence-electron chi connectivity index (χ4n) is 3.65. The smallest absolute Gasteiger partial charge is 0.264 e. The molecular formula is C27H29ClFN3O4S. The molecule has 3 rings (SSSR count). The summed E-state index contributed by atoms with van der Waals surface area (Å²) in [7, 11) is -4.19. The molecule has 10 heteroatoms. The first-order chi connectivity index (χ1) is 17.5. The molecule has 196 valence electrons. The summed E-state index contributed by atoms with van der Waals surface area (Å²) in [5.41, 5.74) is 0.461. The van der Waals surface area contributed by atoms with Crippen LogP contribution in [0.5, 0.6) is 0 Å². The SMILES string of the molecule is CC(C)NC(=O)C(C)N(Cc1ccccc1F)C(=O)CN(c1ccccc1)S(=O)(=O)c1ccc(Cl)cc1. The van der Waals surface area contributed by atoms with E-state index in [2.05, 4.69) is 5.32 Å². The summed E-state index contributed by atoms with van der Waals surface area (Å²) in [5, 5.41) is 3.12. The zero-order valence-electron chi connectivity index (χ0n) is 20.8. The molecule has 37 heavy (non-hydrogen) atoms. The third-order valence-corrected chi connectivity index (χ3v) is 7.66. The van der Waals surface area contributed by atoms with E-state index in [1.54, 1.807) is 50.2 Å². The lowest BCUT2D eigenvalue weighted by atomic mass is 10.1. The van der Waals surface area contributed by atoms with Crippen LogP contribution in [0.15, 0.2) is 83.8 Å². The number of carbonyl (C=O) groups is 2. The maximum Gasteiger partial charge on any atom is 0.264 e. The van der Waals surface area contributed by atoms with E-state index in [-0.39, 0.29) is 28.7 Å². The van der Waals surface area contributed by atoms with Crippen molar-refractivity contribution in [2.24, 2.45) is 0 Å². The summed E-state index contributed by atoms with van der Waals surface area (Å²) in [6, 6.07) is 18.5. The lowest BCUT2D eigenvalue weighted by Crippen LogP contribution is -2.52. The molecule has 0 aliphatic carbocycles. The number of nitrogens with zero attached hydrogens (tertiary/aromatic N) is 2. The number of carbonyl (C=O) groups excluding carboxylic acids is 2. The van der Waals surface area contributed by atoms with E-state index in [1.807, 2.05) is 0 Å². The van der Waals surface area contributed by atoms with Crippen LogP contribution in [0.1, 0.15) is 26.3 Å². The molecule has 1 N–H and O–H groups in total. The lowest BCUT2D eigenvalue weighted by molar-refractivity contribution is -0.139. The number of rotatable bonds is 10. The minimum absolute atomic E-state index is 0.0557. The van der Waals surface area contributed by atoms with Gasteiger partial charge < -0.3 is 10.2 Å². The molecule has 1 atom stereocenters. The van der Waals surface area contributed by atoms with Gasteiger partial charge in [0.1, 0.15) is 18.4 Å². The number of hydrogen-bond acceptors (Lipinski definition) is 4. The van der Waals surface area contributed by atoms with Crippen LogP contribution in [0.4, 0.5) is 10.1 Å². The van der Waals surface area contributed by atoms with E-state index >= 15 is 0 Å². The van der Waals surface area contributed by atoms with Gasteiger partial charge in [-0.2, -0.15) is 0 Å². The van der Waals surface area contributed by atoms with Crippen LogP contribution in [0, 0.1) is 5.82 Å². The quantitative estimate of drug-likeness (QED) is 0.403. The molecule has 2 amide bonds. The first-order valence-corrected chi connectivity index (χ1v) is 13.5. The summed E-state index contributed by atoms with van der Waals surface area (Å²) in [4.78, 5) is 27.7. The summed E-state index contributed by atoms with van der Waals surface area (Å²) in [5.74, 6) is -1.65. The standard InChI is InChI=1S/C27H29ClFN3O4S/c1-19(2)30-27(34)20(3)31(17-21-9-7-8-12-25(21)29)26(33)18-32(23-10-5-4-6-11-23)37(35,36)24-15-13-22(28)14-16-24/h4-16,19-20H,17-18H2,1-3H3,(H,30,34). The van der Waals surface area contributed by atoms with Crippen LogP contribution in [0.3, 0.4) is 0 Å². The number of sulfonamides is 1. The van der Waals surface area contributed by atoms with Gasteiger partial charge in [-0.25, -0.2) is 12.8 Å². The Balaban J connectivity index is 2.01. The molecule has 0 saturated heterocycles. The number of amides is 2. The molecule has 0 saturated carbocycles. The van der Waals surface area contributed by atoms with Gasteiger partial charge in [0.15, 0.2) is 0 Å². The largest absolute Gasteiger partial charge is 0.352 e. The van der Waals surface area contributed by atoms with Gasteiger partial charge in [0.25, 0.3) is 10.0 Å². The van der Waals surface area contributed by atoms with Gasteiger partial charge in [-0.3, -0.25) is 13.9 Å². The first kappa shape index (κ1) is 28.1.